The molecule has 0 aromatic rings. The summed E-state index contributed by atoms with van der Waals surface area (Å²) in [7, 11) is 0. The summed E-state index contributed by atoms with van der Waals surface area (Å²) in [6.07, 6.45) is 0.510. The van der Waals surface area contributed by atoms with E-state index in [2.05, 4.69) is 10.6 Å². The molecule has 1 heterocycles. The van der Waals surface area contributed by atoms with Crippen LogP contribution in [0.15, 0.2) is 0 Å². The number of nitrogens with one attached hydrogen (secondary N) is 2. The zero-order chi connectivity index (χ0) is 11.4. The average molecular weight is 216 g/mol. The third-order valence-electron chi connectivity index (χ3n) is 2.42. The van der Waals surface area contributed by atoms with E-state index in [4.69, 9.17) is 10.2 Å². The van der Waals surface area contributed by atoms with Gasteiger partial charge in [-0.15, -0.1) is 0 Å². The molecule has 1 saturated heterocycles. The van der Waals surface area contributed by atoms with Gasteiger partial charge in [0, 0.05) is 0 Å². The van der Waals surface area contributed by atoms with Crippen molar-refractivity contribution in [2.24, 2.45) is 0 Å². The van der Waals surface area contributed by atoms with Crippen molar-refractivity contribution < 1.29 is 19.8 Å². The normalized spacial score (nSPS) is 24.5. The molecule has 1 rings (SSSR count). The number of hydrogen-bond acceptors (Lipinski definition) is 4. The first-order valence-electron chi connectivity index (χ1n) is 4.97. The number of rotatable bonds is 4. The Morgan fingerprint density at radius 2 is 2.20 bits per heavy atom. The highest BCUT2D eigenvalue weighted by atomic mass is 16.4. The quantitative estimate of drug-likeness (QED) is 0.467. The Morgan fingerprint density at radius 1 is 1.53 bits per heavy atom. The molecular weight excluding hydrogens is 200 g/mol. The van der Waals surface area contributed by atoms with Gasteiger partial charge in [0.1, 0.15) is 0 Å². The lowest BCUT2D eigenvalue weighted by molar-refractivity contribution is -0.145. The van der Waals surface area contributed by atoms with Gasteiger partial charge in [0.25, 0.3) is 0 Å². The molecule has 6 nitrogen and oxygen atoms in total. The molecule has 0 aromatic carbocycles. The van der Waals surface area contributed by atoms with Crippen LogP contribution in [0.3, 0.4) is 0 Å². The van der Waals surface area contributed by atoms with Gasteiger partial charge in [-0.3, -0.25) is 4.79 Å². The van der Waals surface area contributed by atoms with Gasteiger partial charge in [0.2, 0.25) is 5.91 Å². The summed E-state index contributed by atoms with van der Waals surface area (Å²) < 4.78 is 0. The van der Waals surface area contributed by atoms with E-state index >= 15 is 0 Å². The second kappa shape index (κ2) is 5.09. The van der Waals surface area contributed by atoms with Crippen LogP contribution < -0.4 is 10.6 Å². The fourth-order valence-corrected chi connectivity index (χ4v) is 1.55. The molecule has 4 N–H and O–H groups in total. The first-order chi connectivity index (χ1) is 7.02. The first kappa shape index (κ1) is 11.9. The van der Waals surface area contributed by atoms with Crippen LogP contribution in [0, 0.1) is 0 Å². The molecular formula is C9H16N2O4. The highest BCUT2D eigenvalue weighted by Crippen LogP contribution is 2.05. The maximum absolute atomic E-state index is 11.5. The standard InChI is InChI=1S/C9H16N2O4/c1-5(12)7(9(14)15)11-8(13)6-3-2-4-10-6/h5-7,10,12H,2-4H2,1H3,(H,11,13)(H,14,15). The van der Waals surface area contributed by atoms with Crippen LogP contribution in [0.5, 0.6) is 0 Å². The Kier molecular flexibility index (Phi) is 4.05. The molecule has 1 aliphatic heterocycles. The first-order valence-corrected chi connectivity index (χ1v) is 4.97. The van der Waals surface area contributed by atoms with Gasteiger partial charge in [0.05, 0.1) is 12.1 Å². The van der Waals surface area contributed by atoms with Crippen LogP contribution in [-0.2, 0) is 9.59 Å². The number of hydrogen-bond donors (Lipinski definition) is 4. The summed E-state index contributed by atoms with van der Waals surface area (Å²) in [6, 6.07) is -1.56. The zero-order valence-corrected chi connectivity index (χ0v) is 8.56. The summed E-state index contributed by atoms with van der Waals surface area (Å²) in [4.78, 5) is 22.2. The number of carbonyl (C=O) groups excluding carboxylic acids is 1. The molecule has 1 amide bonds. The number of carboxylic acids is 1. The largest absolute Gasteiger partial charge is 0.480 e. The Bertz CT molecular complexity index is 248. The van der Waals surface area contributed by atoms with E-state index in [0.29, 0.717) is 6.42 Å². The molecule has 1 fully saturated rings. The molecule has 0 bridgehead atoms. The van der Waals surface area contributed by atoms with Gasteiger partial charge in [-0.2, -0.15) is 0 Å². The molecule has 0 aromatic heterocycles. The third kappa shape index (κ3) is 3.17. The monoisotopic (exact) mass is 216 g/mol. The van der Waals surface area contributed by atoms with E-state index in [1.807, 2.05) is 0 Å². The SMILES string of the molecule is CC(O)C(NC(=O)C1CCCN1)C(=O)O. The van der Waals surface area contributed by atoms with Crippen molar-refractivity contribution >= 4 is 11.9 Å². The zero-order valence-electron chi connectivity index (χ0n) is 8.56. The van der Waals surface area contributed by atoms with Crippen molar-refractivity contribution in [3.63, 3.8) is 0 Å². The maximum Gasteiger partial charge on any atom is 0.328 e. The summed E-state index contributed by atoms with van der Waals surface area (Å²) in [5.74, 6) is -1.59. The summed E-state index contributed by atoms with van der Waals surface area (Å²) >= 11 is 0. The van der Waals surface area contributed by atoms with Crippen molar-refractivity contribution in [1.29, 1.82) is 0 Å². The van der Waals surface area contributed by atoms with Crippen LogP contribution in [0.1, 0.15) is 19.8 Å². The maximum atomic E-state index is 11.5. The molecule has 0 aliphatic carbocycles. The van der Waals surface area contributed by atoms with Crippen molar-refractivity contribution in [1.82, 2.24) is 10.6 Å². The van der Waals surface area contributed by atoms with Gasteiger partial charge in [-0.05, 0) is 26.3 Å². The van der Waals surface area contributed by atoms with E-state index in [1.165, 1.54) is 6.92 Å². The van der Waals surface area contributed by atoms with E-state index in [9.17, 15) is 9.59 Å². The molecule has 0 saturated carbocycles. The van der Waals surface area contributed by atoms with E-state index in [0.717, 1.165) is 13.0 Å². The van der Waals surface area contributed by atoms with Crippen molar-refractivity contribution in [3.05, 3.63) is 0 Å². The smallest absolute Gasteiger partial charge is 0.328 e. The van der Waals surface area contributed by atoms with E-state index in [1.54, 1.807) is 0 Å². The highest BCUT2D eigenvalue weighted by Gasteiger charge is 2.29. The predicted molar refractivity (Wildman–Crippen MR) is 52.3 cm³/mol. The lowest BCUT2D eigenvalue weighted by atomic mass is 10.1. The number of aliphatic hydroxyl groups is 1. The number of carboxylic acid groups (broad SMARTS) is 1. The number of aliphatic hydroxyl groups excluding tert-OH is 1. The van der Waals surface area contributed by atoms with Gasteiger partial charge >= 0.3 is 5.97 Å². The number of carbonyl (C=O) groups is 2. The van der Waals surface area contributed by atoms with Crippen molar-refractivity contribution in [2.75, 3.05) is 6.54 Å². The second-order valence-electron chi connectivity index (χ2n) is 3.71. The van der Waals surface area contributed by atoms with Crippen LogP contribution in [0.25, 0.3) is 0 Å². The minimum Gasteiger partial charge on any atom is -0.480 e. The summed E-state index contributed by atoms with van der Waals surface area (Å²) in [5.41, 5.74) is 0. The van der Waals surface area contributed by atoms with Crippen molar-refractivity contribution in [3.8, 4) is 0 Å². The molecule has 3 unspecified atom stereocenters. The molecule has 0 radical (unpaired) electrons. The fraction of sp³-hybridized carbons (Fsp3) is 0.778. The average Bonchev–Trinajstić information content (AvgIpc) is 2.65. The molecule has 3 atom stereocenters. The summed E-state index contributed by atoms with van der Waals surface area (Å²) in [5, 5.41) is 23.2. The molecule has 6 heteroatoms. The minimum absolute atomic E-state index is 0.328. The Hall–Kier alpha value is -1.14. The number of aliphatic carboxylic acids is 1. The third-order valence-corrected chi connectivity index (χ3v) is 2.42. The summed E-state index contributed by atoms with van der Waals surface area (Å²) in [6.45, 7) is 2.10. The lowest BCUT2D eigenvalue weighted by Crippen LogP contribution is -2.52. The van der Waals surface area contributed by atoms with Crippen LogP contribution in [-0.4, -0.2) is 46.8 Å². The highest BCUT2D eigenvalue weighted by molar-refractivity contribution is 5.87. The van der Waals surface area contributed by atoms with Gasteiger partial charge < -0.3 is 20.8 Å². The van der Waals surface area contributed by atoms with Gasteiger partial charge in [-0.1, -0.05) is 0 Å². The van der Waals surface area contributed by atoms with Crippen LogP contribution >= 0.6 is 0 Å². The Labute approximate surface area is 87.7 Å². The Balaban J connectivity index is 2.50. The van der Waals surface area contributed by atoms with E-state index in [-0.39, 0.29) is 11.9 Å². The Morgan fingerprint density at radius 3 is 2.60 bits per heavy atom. The van der Waals surface area contributed by atoms with E-state index < -0.39 is 18.1 Å². The van der Waals surface area contributed by atoms with Gasteiger partial charge in [-0.25, -0.2) is 4.79 Å². The topological polar surface area (TPSA) is 98.7 Å². The fourth-order valence-electron chi connectivity index (χ4n) is 1.55. The second-order valence-corrected chi connectivity index (χ2v) is 3.71. The molecule has 15 heavy (non-hydrogen) atoms. The lowest BCUT2D eigenvalue weighted by Gasteiger charge is -2.19. The van der Waals surface area contributed by atoms with Crippen LogP contribution in [0.2, 0.25) is 0 Å². The molecule has 1 aliphatic rings. The minimum atomic E-state index is -1.24. The molecule has 86 valence electrons. The number of amides is 1. The van der Waals surface area contributed by atoms with Gasteiger partial charge in [0.15, 0.2) is 6.04 Å². The predicted octanol–water partition coefficient (Wildman–Crippen LogP) is -1.31. The molecule has 0 spiro atoms. The van der Waals surface area contributed by atoms with Crippen LogP contribution in [0.4, 0.5) is 0 Å². The van der Waals surface area contributed by atoms with Crippen molar-refractivity contribution in [2.45, 2.75) is 38.0 Å².